The van der Waals surface area contributed by atoms with Gasteiger partial charge >= 0.3 is 0 Å². The minimum Gasteiger partial charge on any atom is -0.397 e. The van der Waals surface area contributed by atoms with Gasteiger partial charge in [0.05, 0.1) is 17.4 Å². The van der Waals surface area contributed by atoms with Crippen LogP contribution in [0.2, 0.25) is 0 Å². The van der Waals surface area contributed by atoms with Crippen LogP contribution >= 0.6 is 0 Å². The minimum atomic E-state index is -0.0846. The second-order valence-corrected chi connectivity index (χ2v) is 4.45. The molecule has 2 unspecified atom stereocenters. The average Bonchev–Trinajstić information content (AvgIpc) is 2.65. The number of pyridine rings is 1. The Bertz CT molecular complexity index is 392. The van der Waals surface area contributed by atoms with Crippen LogP contribution in [0.3, 0.4) is 0 Å². The molecule has 3 N–H and O–H groups in total. The van der Waals surface area contributed by atoms with Crippen molar-refractivity contribution in [2.45, 2.75) is 32.2 Å². The molecule has 1 saturated carbocycles. The van der Waals surface area contributed by atoms with E-state index >= 15 is 0 Å². The zero-order chi connectivity index (χ0) is 11.5. The highest BCUT2D eigenvalue weighted by molar-refractivity contribution is 5.99. The van der Waals surface area contributed by atoms with Crippen molar-refractivity contribution in [3.63, 3.8) is 0 Å². The van der Waals surface area contributed by atoms with Crippen LogP contribution in [0, 0.1) is 5.92 Å². The molecule has 1 heterocycles. The number of aromatic nitrogens is 1. The fourth-order valence-corrected chi connectivity index (χ4v) is 2.22. The lowest BCUT2D eigenvalue weighted by molar-refractivity contribution is 0.0930. The van der Waals surface area contributed by atoms with Crippen molar-refractivity contribution in [2.24, 2.45) is 5.92 Å². The molecule has 1 aliphatic rings. The quantitative estimate of drug-likeness (QED) is 0.793. The number of nitrogens with one attached hydrogen (secondary N) is 1. The Labute approximate surface area is 95.3 Å². The summed E-state index contributed by atoms with van der Waals surface area (Å²) in [4.78, 5) is 15.8. The highest BCUT2D eigenvalue weighted by Crippen LogP contribution is 2.25. The Morgan fingerprint density at radius 1 is 1.56 bits per heavy atom. The van der Waals surface area contributed by atoms with Crippen molar-refractivity contribution in [2.75, 3.05) is 5.73 Å². The zero-order valence-electron chi connectivity index (χ0n) is 9.44. The Morgan fingerprint density at radius 2 is 2.38 bits per heavy atom. The summed E-state index contributed by atoms with van der Waals surface area (Å²) in [7, 11) is 0. The van der Waals surface area contributed by atoms with Gasteiger partial charge in [-0.15, -0.1) is 0 Å². The van der Waals surface area contributed by atoms with E-state index in [0.29, 0.717) is 23.2 Å². The number of nitrogen functional groups attached to an aromatic ring is 1. The molecule has 4 nitrogen and oxygen atoms in total. The highest BCUT2D eigenvalue weighted by atomic mass is 16.1. The number of nitrogens with zero attached hydrogens (tertiary/aromatic N) is 1. The van der Waals surface area contributed by atoms with Gasteiger partial charge in [0.25, 0.3) is 5.91 Å². The van der Waals surface area contributed by atoms with E-state index in [1.807, 2.05) is 0 Å². The zero-order valence-corrected chi connectivity index (χ0v) is 9.44. The molecule has 0 aliphatic heterocycles. The van der Waals surface area contributed by atoms with E-state index in [1.165, 1.54) is 19.0 Å². The fraction of sp³-hybridized carbons (Fsp3) is 0.500. The standard InChI is InChI=1S/C12H17N3O/c1-8-3-2-4-11(8)15-12(16)9-5-6-14-7-10(9)13/h5-8,11H,2-4,13H2,1H3,(H,15,16). The molecular formula is C12H17N3O. The Kier molecular flexibility index (Phi) is 3.08. The first kappa shape index (κ1) is 10.9. The molecular weight excluding hydrogens is 202 g/mol. The first-order valence-corrected chi connectivity index (χ1v) is 5.69. The third-order valence-corrected chi connectivity index (χ3v) is 3.27. The number of amides is 1. The van der Waals surface area contributed by atoms with Crippen molar-refractivity contribution < 1.29 is 4.79 Å². The van der Waals surface area contributed by atoms with Gasteiger partial charge in [-0.25, -0.2) is 0 Å². The van der Waals surface area contributed by atoms with Crippen molar-refractivity contribution in [3.8, 4) is 0 Å². The molecule has 2 rings (SSSR count). The van der Waals surface area contributed by atoms with Gasteiger partial charge in [0.1, 0.15) is 0 Å². The molecule has 1 aliphatic carbocycles. The number of hydrogen-bond acceptors (Lipinski definition) is 3. The number of carbonyl (C=O) groups excluding carboxylic acids is 1. The van der Waals surface area contributed by atoms with E-state index in [1.54, 1.807) is 12.3 Å². The van der Waals surface area contributed by atoms with Crippen LogP contribution < -0.4 is 11.1 Å². The lowest BCUT2D eigenvalue weighted by Crippen LogP contribution is -2.36. The topological polar surface area (TPSA) is 68.0 Å². The second-order valence-electron chi connectivity index (χ2n) is 4.45. The molecule has 1 aromatic rings. The van der Waals surface area contributed by atoms with E-state index < -0.39 is 0 Å². The summed E-state index contributed by atoms with van der Waals surface area (Å²) in [5.74, 6) is 0.477. The summed E-state index contributed by atoms with van der Waals surface area (Å²) >= 11 is 0. The molecule has 1 fully saturated rings. The molecule has 0 aromatic carbocycles. The SMILES string of the molecule is CC1CCCC1NC(=O)c1ccncc1N. The molecule has 0 radical (unpaired) electrons. The first-order valence-electron chi connectivity index (χ1n) is 5.69. The largest absolute Gasteiger partial charge is 0.397 e. The summed E-state index contributed by atoms with van der Waals surface area (Å²) in [5.41, 5.74) is 6.67. The van der Waals surface area contributed by atoms with E-state index in [0.717, 1.165) is 6.42 Å². The van der Waals surface area contributed by atoms with Gasteiger partial charge in [0, 0.05) is 12.2 Å². The number of carbonyl (C=O) groups is 1. The molecule has 0 bridgehead atoms. The number of nitrogens with two attached hydrogens (primary N) is 1. The molecule has 86 valence electrons. The van der Waals surface area contributed by atoms with Gasteiger partial charge in [0.2, 0.25) is 0 Å². The minimum absolute atomic E-state index is 0.0846. The fourth-order valence-electron chi connectivity index (χ4n) is 2.22. The molecule has 2 atom stereocenters. The predicted molar refractivity (Wildman–Crippen MR) is 62.9 cm³/mol. The summed E-state index contributed by atoms with van der Waals surface area (Å²) in [5, 5.41) is 3.04. The second kappa shape index (κ2) is 4.51. The summed E-state index contributed by atoms with van der Waals surface area (Å²) in [6.07, 6.45) is 6.54. The molecule has 0 saturated heterocycles. The smallest absolute Gasteiger partial charge is 0.253 e. The maximum atomic E-state index is 11.9. The number of hydrogen-bond donors (Lipinski definition) is 2. The molecule has 1 amide bonds. The summed E-state index contributed by atoms with van der Waals surface area (Å²) in [6, 6.07) is 1.95. The maximum Gasteiger partial charge on any atom is 0.253 e. The van der Waals surface area contributed by atoms with Gasteiger partial charge in [-0.05, 0) is 24.8 Å². The number of rotatable bonds is 2. The average molecular weight is 219 g/mol. The monoisotopic (exact) mass is 219 g/mol. The number of anilines is 1. The van der Waals surface area contributed by atoms with Gasteiger partial charge in [0.15, 0.2) is 0 Å². The van der Waals surface area contributed by atoms with Crippen molar-refractivity contribution in [3.05, 3.63) is 24.0 Å². The molecule has 0 spiro atoms. The van der Waals surface area contributed by atoms with Crippen LogP contribution in [0.15, 0.2) is 18.5 Å². The molecule has 16 heavy (non-hydrogen) atoms. The Morgan fingerprint density at radius 3 is 3.00 bits per heavy atom. The normalized spacial score (nSPS) is 24.3. The lowest BCUT2D eigenvalue weighted by Gasteiger charge is -2.17. The van der Waals surface area contributed by atoms with Crippen molar-refractivity contribution in [1.82, 2.24) is 10.3 Å². The van der Waals surface area contributed by atoms with E-state index in [9.17, 15) is 4.79 Å². The Hall–Kier alpha value is -1.58. The van der Waals surface area contributed by atoms with Crippen LogP contribution in [0.25, 0.3) is 0 Å². The molecule has 4 heteroatoms. The van der Waals surface area contributed by atoms with Crippen LogP contribution in [-0.4, -0.2) is 16.9 Å². The van der Waals surface area contributed by atoms with Gasteiger partial charge < -0.3 is 11.1 Å². The summed E-state index contributed by atoms with van der Waals surface area (Å²) in [6.45, 7) is 2.17. The third-order valence-electron chi connectivity index (χ3n) is 3.27. The van der Waals surface area contributed by atoms with E-state index in [4.69, 9.17) is 5.73 Å². The van der Waals surface area contributed by atoms with Gasteiger partial charge in [-0.1, -0.05) is 13.3 Å². The summed E-state index contributed by atoms with van der Waals surface area (Å²) < 4.78 is 0. The van der Waals surface area contributed by atoms with Gasteiger partial charge in [-0.2, -0.15) is 0 Å². The van der Waals surface area contributed by atoms with Gasteiger partial charge in [-0.3, -0.25) is 9.78 Å². The van der Waals surface area contributed by atoms with Crippen molar-refractivity contribution >= 4 is 11.6 Å². The lowest BCUT2D eigenvalue weighted by atomic mass is 10.1. The van der Waals surface area contributed by atoms with Crippen LogP contribution in [0.1, 0.15) is 36.5 Å². The maximum absolute atomic E-state index is 11.9. The van der Waals surface area contributed by atoms with Crippen LogP contribution in [0.5, 0.6) is 0 Å². The van der Waals surface area contributed by atoms with E-state index in [-0.39, 0.29) is 5.91 Å². The van der Waals surface area contributed by atoms with Crippen molar-refractivity contribution in [1.29, 1.82) is 0 Å². The first-order chi connectivity index (χ1) is 7.68. The van der Waals surface area contributed by atoms with E-state index in [2.05, 4.69) is 17.2 Å². The third kappa shape index (κ3) is 2.15. The van der Waals surface area contributed by atoms with Crippen LogP contribution in [0.4, 0.5) is 5.69 Å². The van der Waals surface area contributed by atoms with Crippen LogP contribution in [-0.2, 0) is 0 Å². The highest BCUT2D eigenvalue weighted by Gasteiger charge is 2.25. The predicted octanol–water partition coefficient (Wildman–Crippen LogP) is 1.58. The molecule has 1 aromatic heterocycles. The Balaban J connectivity index is 2.06.